The molecule has 9 heteroatoms. The minimum atomic E-state index is -2.84. The summed E-state index contributed by atoms with van der Waals surface area (Å²) in [6.45, 7) is 3.78. The van der Waals surface area contributed by atoms with E-state index in [2.05, 4.69) is 20.1 Å². The van der Waals surface area contributed by atoms with Crippen LogP contribution in [0.5, 0.6) is 0 Å². The van der Waals surface area contributed by atoms with Gasteiger partial charge in [-0.1, -0.05) is 23.4 Å². The molecule has 0 saturated carbocycles. The Bertz CT molecular complexity index is 1270. The van der Waals surface area contributed by atoms with Gasteiger partial charge in [-0.2, -0.15) is 0 Å². The molecule has 0 spiro atoms. The zero-order valence-corrected chi connectivity index (χ0v) is 17.3. The SMILES string of the molecule is CCOP(C)(=O)c1ccc(-c2cc(-c3cnc(-c4ccccn4)[nH]c3=O)on2)cc1. The van der Waals surface area contributed by atoms with Crippen molar-refractivity contribution in [3.8, 4) is 34.1 Å². The molecule has 0 saturated heterocycles. The smallest absolute Gasteiger partial charge is 0.262 e. The first-order valence-electron chi connectivity index (χ1n) is 9.29. The van der Waals surface area contributed by atoms with Gasteiger partial charge in [0.2, 0.25) is 7.37 Å². The highest BCUT2D eigenvalue weighted by molar-refractivity contribution is 7.66. The molecule has 152 valence electrons. The summed E-state index contributed by atoms with van der Waals surface area (Å²) in [7, 11) is -2.84. The van der Waals surface area contributed by atoms with Crippen molar-refractivity contribution >= 4 is 12.7 Å². The number of aromatic amines is 1. The zero-order chi connectivity index (χ0) is 21.1. The number of aromatic nitrogens is 4. The van der Waals surface area contributed by atoms with E-state index in [-0.39, 0.29) is 11.1 Å². The van der Waals surface area contributed by atoms with Crippen molar-refractivity contribution in [2.45, 2.75) is 6.92 Å². The van der Waals surface area contributed by atoms with E-state index >= 15 is 0 Å². The van der Waals surface area contributed by atoms with Gasteiger partial charge in [-0.3, -0.25) is 14.3 Å². The molecule has 1 aromatic carbocycles. The average molecular weight is 422 g/mol. The van der Waals surface area contributed by atoms with E-state index in [4.69, 9.17) is 9.05 Å². The Morgan fingerprint density at radius 3 is 2.57 bits per heavy atom. The van der Waals surface area contributed by atoms with E-state index in [9.17, 15) is 9.36 Å². The van der Waals surface area contributed by atoms with Crippen molar-refractivity contribution in [3.05, 3.63) is 71.3 Å². The fourth-order valence-corrected chi connectivity index (χ4v) is 4.30. The molecule has 1 unspecified atom stereocenters. The van der Waals surface area contributed by atoms with E-state index < -0.39 is 7.37 Å². The van der Waals surface area contributed by atoms with Gasteiger partial charge in [-0.05, 0) is 31.2 Å². The highest BCUT2D eigenvalue weighted by Crippen LogP contribution is 2.41. The predicted molar refractivity (Wildman–Crippen MR) is 114 cm³/mol. The summed E-state index contributed by atoms with van der Waals surface area (Å²) in [4.78, 5) is 23.7. The molecule has 4 rings (SSSR count). The fraction of sp³-hybridized carbons (Fsp3) is 0.143. The topological polar surface area (TPSA) is 111 Å². The number of pyridine rings is 1. The second kappa shape index (κ2) is 8.18. The Morgan fingerprint density at radius 2 is 1.90 bits per heavy atom. The predicted octanol–water partition coefficient (Wildman–Crippen LogP) is 3.72. The van der Waals surface area contributed by atoms with Crippen LogP contribution in [-0.4, -0.2) is 33.4 Å². The summed E-state index contributed by atoms with van der Waals surface area (Å²) in [5, 5.41) is 4.67. The van der Waals surface area contributed by atoms with Gasteiger partial charge in [-0.25, -0.2) is 4.98 Å². The van der Waals surface area contributed by atoms with Crippen LogP contribution in [0.15, 0.2) is 70.2 Å². The fourth-order valence-electron chi connectivity index (χ4n) is 2.97. The molecule has 3 heterocycles. The van der Waals surface area contributed by atoms with Crippen molar-refractivity contribution in [1.29, 1.82) is 0 Å². The zero-order valence-electron chi connectivity index (χ0n) is 16.4. The highest BCUT2D eigenvalue weighted by atomic mass is 31.2. The maximum Gasteiger partial charge on any atom is 0.262 e. The molecule has 1 atom stereocenters. The van der Waals surface area contributed by atoms with E-state index in [1.807, 2.05) is 6.07 Å². The molecule has 1 N–H and O–H groups in total. The molecule has 0 bridgehead atoms. The molecule has 0 aliphatic carbocycles. The van der Waals surface area contributed by atoms with Crippen LogP contribution >= 0.6 is 7.37 Å². The van der Waals surface area contributed by atoms with Gasteiger partial charge in [0, 0.05) is 36.0 Å². The highest BCUT2D eigenvalue weighted by Gasteiger charge is 2.19. The Balaban J connectivity index is 1.60. The third-order valence-corrected chi connectivity index (χ3v) is 6.48. The molecule has 30 heavy (non-hydrogen) atoms. The van der Waals surface area contributed by atoms with Crippen LogP contribution in [0.25, 0.3) is 34.1 Å². The Kier molecular flexibility index (Phi) is 5.44. The summed E-state index contributed by atoms with van der Waals surface area (Å²) in [5.74, 6) is 0.670. The van der Waals surface area contributed by atoms with E-state index in [1.54, 1.807) is 62.2 Å². The molecule has 0 fully saturated rings. The van der Waals surface area contributed by atoms with Crippen LogP contribution in [0.1, 0.15) is 6.92 Å². The van der Waals surface area contributed by atoms with E-state index in [0.29, 0.717) is 34.9 Å². The number of H-pyrrole nitrogens is 1. The molecule has 0 amide bonds. The standard InChI is InChI=1S/C21H19N4O4P/c1-3-28-30(2,27)15-9-7-14(8-10-15)18-12-19(29-25-18)16-13-23-20(24-21(16)26)17-6-4-5-11-22-17/h4-13H,3H2,1-2H3,(H,23,24,26). The number of hydrogen-bond donors (Lipinski definition) is 1. The summed E-state index contributed by atoms with van der Waals surface area (Å²) in [6, 6.07) is 14.1. The lowest BCUT2D eigenvalue weighted by Gasteiger charge is -2.12. The monoisotopic (exact) mass is 422 g/mol. The van der Waals surface area contributed by atoms with E-state index in [0.717, 1.165) is 5.56 Å². The summed E-state index contributed by atoms with van der Waals surface area (Å²) in [5.41, 5.74) is 1.79. The number of hydrogen-bond acceptors (Lipinski definition) is 7. The minimum Gasteiger partial charge on any atom is -0.355 e. The van der Waals surface area contributed by atoms with Crippen molar-refractivity contribution in [2.75, 3.05) is 13.3 Å². The normalized spacial score (nSPS) is 13.1. The first-order chi connectivity index (χ1) is 14.5. The van der Waals surface area contributed by atoms with Crippen molar-refractivity contribution < 1.29 is 13.6 Å². The van der Waals surface area contributed by atoms with E-state index in [1.165, 1.54) is 6.20 Å². The third kappa shape index (κ3) is 4.01. The summed E-state index contributed by atoms with van der Waals surface area (Å²) in [6.07, 6.45) is 3.06. The van der Waals surface area contributed by atoms with Gasteiger partial charge in [-0.15, -0.1) is 0 Å². The van der Waals surface area contributed by atoms with Gasteiger partial charge >= 0.3 is 0 Å². The third-order valence-electron chi connectivity index (χ3n) is 4.49. The minimum absolute atomic E-state index is 0.263. The molecule has 0 aliphatic rings. The number of benzene rings is 1. The lowest BCUT2D eigenvalue weighted by molar-refractivity contribution is 0.345. The Labute approximate surface area is 172 Å². The molecule has 3 aromatic heterocycles. The summed E-state index contributed by atoms with van der Waals surface area (Å²) >= 11 is 0. The lowest BCUT2D eigenvalue weighted by atomic mass is 10.1. The Hall–Kier alpha value is -3.35. The molecule has 0 aliphatic heterocycles. The van der Waals surface area contributed by atoms with Crippen molar-refractivity contribution in [3.63, 3.8) is 0 Å². The first kappa shape index (κ1) is 19.9. The van der Waals surface area contributed by atoms with Crippen LogP contribution < -0.4 is 10.9 Å². The van der Waals surface area contributed by atoms with Gasteiger partial charge in [0.1, 0.15) is 17.0 Å². The maximum absolute atomic E-state index is 12.5. The first-order valence-corrected chi connectivity index (χ1v) is 11.4. The molecule has 0 radical (unpaired) electrons. The lowest BCUT2D eigenvalue weighted by Crippen LogP contribution is -2.11. The molecule has 4 aromatic rings. The van der Waals surface area contributed by atoms with Crippen LogP contribution in [0, 0.1) is 0 Å². The largest absolute Gasteiger partial charge is 0.355 e. The van der Waals surface area contributed by atoms with Crippen LogP contribution in [0.3, 0.4) is 0 Å². The van der Waals surface area contributed by atoms with Crippen molar-refractivity contribution in [1.82, 2.24) is 20.1 Å². The van der Waals surface area contributed by atoms with Gasteiger partial charge < -0.3 is 14.0 Å². The number of rotatable bonds is 6. The van der Waals surface area contributed by atoms with Crippen molar-refractivity contribution in [2.24, 2.45) is 0 Å². The van der Waals surface area contributed by atoms with Crippen LogP contribution in [0.2, 0.25) is 0 Å². The Morgan fingerprint density at radius 1 is 1.10 bits per heavy atom. The van der Waals surface area contributed by atoms with Crippen LogP contribution in [-0.2, 0) is 9.09 Å². The molecular weight excluding hydrogens is 403 g/mol. The summed E-state index contributed by atoms with van der Waals surface area (Å²) < 4.78 is 23.2. The van der Waals surface area contributed by atoms with Gasteiger partial charge in [0.25, 0.3) is 5.56 Å². The maximum atomic E-state index is 12.5. The molecule has 8 nitrogen and oxygen atoms in total. The number of nitrogens with zero attached hydrogens (tertiary/aromatic N) is 3. The second-order valence-corrected chi connectivity index (χ2v) is 9.04. The average Bonchev–Trinajstić information content (AvgIpc) is 3.24. The second-order valence-electron chi connectivity index (χ2n) is 6.58. The quantitative estimate of drug-likeness (QED) is 0.471. The van der Waals surface area contributed by atoms with Gasteiger partial charge in [0.05, 0.1) is 6.61 Å². The molecular formula is C21H19N4O4P. The van der Waals surface area contributed by atoms with Crippen LogP contribution in [0.4, 0.5) is 0 Å². The number of nitrogens with one attached hydrogen (secondary N) is 1. The van der Waals surface area contributed by atoms with Gasteiger partial charge in [0.15, 0.2) is 11.6 Å².